The lowest BCUT2D eigenvalue weighted by atomic mass is 9.82. The smallest absolute Gasteiger partial charge is 0.307 e. The van der Waals surface area contributed by atoms with Crippen molar-refractivity contribution in [3.63, 3.8) is 0 Å². The summed E-state index contributed by atoms with van der Waals surface area (Å²) in [5.74, 6) is 0.532. The van der Waals surface area contributed by atoms with Crippen LogP contribution >= 0.6 is 11.8 Å². The molecule has 104 valence electrons. The van der Waals surface area contributed by atoms with Crippen LogP contribution in [0.3, 0.4) is 0 Å². The fourth-order valence-electron chi connectivity index (χ4n) is 3.74. The summed E-state index contributed by atoms with van der Waals surface area (Å²) in [7, 11) is 0. The predicted octanol–water partition coefficient (Wildman–Crippen LogP) is 1.47. The first-order valence-electron chi connectivity index (χ1n) is 6.89. The topological polar surface area (TPSA) is 57.6 Å². The molecule has 4 nitrogen and oxygen atoms in total. The summed E-state index contributed by atoms with van der Waals surface area (Å²) >= 11 is 1.86. The van der Waals surface area contributed by atoms with Crippen LogP contribution < -0.4 is 0 Å². The number of hydrogen-bond donors (Lipinski definition) is 1. The summed E-state index contributed by atoms with van der Waals surface area (Å²) in [6, 6.07) is 0.226. The van der Waals surface area contributed by atoms with Gasteiger partial charge in [0, 0.05) is 24.1 Å². The normalized spacial score (nSPS) is 40.7. The van der Waals surface area contributed by atoms with E-state index in [0.29, 0.717) is 0 Å². The fraction of sp³-hybridized carbons (Fsp3) is 0.714. The van der Waals surface area contributed by atoms with E-state index in [4.69, 9.17) is 0 Å². The third kappa shape index (κ3) is 2.08. The Labute approximate surface area is 117 Å². The molecule has 5 heteroatoms. The highest BCUT2D eigenvalue weighted by atomic mass is 32.2. The van der Waals surface area contributed by atoms with Crippen LogP contribution in [0.25, 0.3) is 0 Å². The Balaban J connectivity index is 1.82. The molecule has 3 aliphatic rings. The van der Waals surface area contributed by atoms with Crippen LogP contribution in [0.15, 0.2) is 12.2 Å². The standard InChI is InChI=1S/C14H19NO3S/c1-8-7-19-5-4-15(8)13(16)11-9-2-3-10(6-9)12(11)14(17)18/h2-3,8-12H,4-7H2,1H3,(H,17,18)/t8?,9?,10?,11-,12+/m0/s1. The van der Waals surface area contributed by atoms with E-state index in [1.807, 2.05) is 22.7 Å². The zero-order chi connectivity index (χ0) is 13.6. The Morgan fingerprint density at radius 3 is 2.58 bits per heavy atom. The molecule has 1 saturated heterocycles. The van der Waals surface area contributed by atoms with Crippen molar-refractivity contribution in [1.29, 1.82) is 0 Å². The van der Waals surface area contributed by atoms with Gasteiger partial charge in [-0.1, -0.05) is 12.2 Å². The summed E-state index contributed by atoms with van der Waals surface area (Å²) in [6.45, 7) is 2.82. The van der Waals surface area contributed by atoms with E-state index in [0.717, 1.165) is 24.5 Å². The zero-order valence-corrected chi connectivity index (χ0v) is 11.8. The number of carbonyl (C=O) groups is 2. The Bertz CT molecular complexity index is 436. The minimum Gasteiger partial charge on any atom is -0.481 e. The lowest BCUT2D eigenvalue weighted by Crippen LogP contribution is -2.50. The van der Waals surface area contributed by atoms with Gasteiger partial charge in [0.1, 0.15) is 0 Å². The van der Waals surface area contributed by atoms with Crippen LogP contribution in [0.1, 0.15) is 13.3 Å². The molecular weight excluding hydrogens is 262 g/mol. The fourth-order valence-corrected chi connectivity index (χ4v) is 4.76. The second kappa shape index (κ2) is 4.85. The minimum atomic E-state index is -0.811. The largest absolute Gasteiger partial charge is 0.481 e. The number of rotatable bonds is 2. The molecule has 0 aromatic carbocycles. The van der Waals surface area contributed by atoms with E-state index in [2.05, 4.69) is 13.0 Å². The van der Waals surface area contributed by atoms with Gasteiger partial charge in [0.2, 0.25) is 5.91 Å². The van der Waals surface area contributed by atoms with Crippen molar-refractivity contribution < 1.29 is 14.7 Å². The first-order valence-corrected chi connectivity index (χ1v) is 8.04. The van der Waals surface area contributed by atoms with Gasteiger partial charge in [-0.3, -0.25) is 9.59 Å². The van der Waals surface area contributed by atoms with Gasteiger partial charge in [0.15, 0.2) is 0 Å². The molecular formula is C14H19NO3S. The van der Waals surface area contributed by atoms with Gasteiger partial charge in [0.25, 0.3) is 0 Å². The zero-order valence-electron chi connectivity index (χ0n) is 11.0. The van der Waals surface area contributed by atoms with Crippen LogP contribution in [0.4, 0.5) is 0 Å². The monoisotopic (exact) mass is 281 g/mol. The van der Waals surface area contributed by atoms with Crippen LogP contribution in [-0.4, -0.2) is 46.0 Å². The second-order valence-corrected chi connectivity index (χ2v) is 6.94. The molecule has 3 rings (SSSR count). The SMILES string of the molecule is CC1CSCCN1C(=O)[C@H]1C2C=CC(C2)[C@H]1C(=O)O. The number of nitrogens with zero attached hydrogens (tertiary/aromatic N) is 1. The van der Waals surface area contributed by atoms with E-state index >= 15 is 0 Å². The lowest BCUT2D eigenvalue weighted by Gasteiger charge is -2.37. The number of fused-ring (bicyclic) bond motifs is 2. The Kier molecular flexibility index (Phi) is 3.33. The average molecular weight is 281 g/mol. The highest BCUT2D eigenvalue weighted by molar-refractivity contribution is 7.99. The minimum absolute atomic E-state index is 0.0610. The number of hydrogen-bond acceptors (Lipinski definition) is 3. The van der Waals surface area contributed by atoms with Crippen molar-refractivity contribution in [3.8, 4) is 0 Å². The lowest BCUT2D eigenvalue weighted by molar-refractivity contribution is -0.151. The molecule has 5 atom stereocenters. The van der Waals surface area contributed by atoms with E-state index in [1.54, 1.807) is 0 Å². The average Bonchev–Trinajstić information content (AvgIpc) is 2.98. The second-order valence-electron chi connectivity index (χ2n) is 5.79. The molecule has 1 saturated carbocycles. The molecule has 2 aliphatic carbocycles. The third-order valence-corrected chi connectivity index (χ3v) is 5.87. The number of amides is 1. The van der Waals surface area contributed by atoms with Gasteiger partial charge >= 0.3 is 5.97 Å². The van der Waals surface area contributed by atoms with Gasteiger partial charge in [-0.15, -0.1) is 0 Å². The van der Waals surface area contributed by atoms with Gasteiger partial charge in [-0.2, -0.15) is 11.8 Å². The molecule has 0 aromatic rings. The highest BCUT2D eigenvalue weighted by Crippen LogP contribution is 2.49. The Hall–Kier alpha value is -0.970. The molecule has 1 amide bonds. The molecule has 2 fully saturated rings. The first-order chi connectivity index (χ1) is 9.09. The number of carboxylic acid groups (broad SMARTS) is 1. The number of aliphatic carboxylic acids is 1. The van der Waals surface area contributed by atoms with E-state index in [1.165, 1.54) is 0 Å². The molecule has 19 heavy (non-hydrogen) atoms. The molecule has 0 spiro atoms. The van der Waals surface area contributed by atoms with E-state index in [9.17, 15) is 14.7 Å². The van der Waals surface area contributed by atoms with Crippen LogP contribution in [-0.2, 0) is 9.59 Å². The van der Waals surface area contributed by atoms with E-state index < -0.39 is 11.9 Å². The summed E-state index contributed by atoms with van der Waals surface area (Å²) in [4.78, 5) is 26.1. The number of thioether (sulfide) groups is 1. The third-order valence-electron chi connectivity index (χ3n) is 4.68. The quantitative estimate of drug-likeness (QED) is 0.779. The van der Waals surface area contributed by atoms with Crippen LogP contribution in [0.5, 0.6) is 0 Å². The van der Waals surface area contributed by atoms with Crippen molar-refractivity contribution in [2.45, 2.75) is 19.4 Å². The maximum Gasteiger partial charge on any atom is 0.307 e. The van der Waals surface area contributed by atoms with Gasteiger partial charge in [-0.25, -0.2) is 0 Å². The van der Waals surface area contributed by atoms with Crippen LogP contribution in [0, 0.1) is 23.7 Å². The maximum absolute atomic E-state index is 12.7. The van der Waals surface area contributed by atoms with Crippen molar-refractivity contribution >= 4 is 23.6 Å². The summed E-state index contributed by atoms with van der Waals surface area (Å²) in [5.41, 5.74) is 0. The van der Waals surface area contributed by atoms with Crippen molar-refractivity contribution in [2.75, 3.05) is 18.1 Å². The Morgan fingerprint density at radius 1 is 1.26 bits per heavy atom. The van der Waals surface area contributed by atoms with Crippen molar-refractivity contribution in [1.82, 2.24) is 4.90 Å². The molecule has 2 bridgehead atoms. The van der Waals surface area contributed by atoms with Crippen LogP contribution in [0.2, 0.25) is 0 Å². The highest BCUT2D eigenvalue weighted by Gasteiger charge is 2.53. The van der Waals surface area contributed by atoms with Gasteiger partial charge in [-0.05, 0) is 25.2 Å². The van der Waals surface area contributed by atoms with Crippen molar-refractivity contribution in [2.24, 2.45) is 23.7 Å². The molecule has 1 heterocycles. The maximum atomic E-state index is 12.7. The number of carboxylic acids is 1. The first kappa shape index (κ1) is 13.0. The molecule has 3 unspecified atom stereocenters. The number of allylic oxidation sites excluding steroid dienone is 2. The molecule has 1 aliphatic heterocycles. The molecule has 1 N–H and O–H groups in total. The predicted molar refractivity (Wildman–Crippen MR) is 73.9 cm³/mol. The Morgan fingerprint density at radius 2 is 1.95 bits per heavy atom. The molecule has 0 radical (unpaired) electrons. The number of carbonyl (C=O) groups excluding carboxylic acids is 1. The van der Waals surface area contributed by atoms with Crippen molar-refractivity contribution in [3.05, 3.63) is 12.2 Å². The summed E-state index contributed by atoms with van der Waals surface area (Å²) in [6.07, 6.45) is 4.88. The summed E-state index contributed by atoms with van der Waals surface area (Å²) < 4.78 is 0. The van der Waals surface area contributed by atoms with Gasteiger partial charge in [0.05, 0.1) is 11.8 Å². The molecule has 0 aromatic heterocycles. The van der Waals surface area contributed by atoms with Gasteiger partial charge < -0.3 is 10.0 Å². The summed E-state index contributed by atoms with van der Waals surface area (Å²) in [5, 5.41) is 9.41. The van der Waals surface area contributed by atoms with E-state index in [-0.39, 0.29) is 29.7 Å².